The topological polar surface area (TPSA) is 92.7 Å². The zero-order valence-electron chi connectivity index (χ0n) is 18.9. The zero-order chi connectivity index (χ0) is 22.1. The van der Waals surface area contributed by atoms with Crippen molar-refractivity contribution in [3.63, 3.8) is 0 Å². The van der Waals surface area contributed by atoms with Crippen LogP contribution in [0, 0.1) is 5.41 Å². The average Bonchev–Trinajstić information content (AvgIpc) is 3.20. The first-order chi connectivity index (χ1) is 15.1. The molecular formula is C24H35N7. The highest BCUT2D eigenvalue weighted by Crippen LogP contribution is 2.30. The molecule has 7 heteroatoms. The number of H-pyrrole nitrogens is 1. The van der Waals surface area contributed by atoms with Crippen LogP contribution in [0.25, 0.3) is 11.0 Å². The number of pyridine rings is 1. The van der Waals surface area contributed by atoms with Crippen molar-refractivity contribution in [3.8, 4) is 0 Å². The summed E-state index contributed by atoms with van der Waals surface area (Å²) in [5, 5.41) is 6.46. The summed E-state index contributed by atoms with van der Waals surface area (Å²) in [7, 11) is 3.62. The minimum atomic E-state index is 0.297. The van der Waals surface area contributed by atoms with Gasteiger partial charge in [-0.05, 0) is 55.0 Å². The van der Waals surface area contributed by atoms with E-state index in [1.807, 2.05) is 32.4 Å². The molecule has 0 saturated heterocycles. The SMILES string of the molecule is CCCCNNC1CCCc2c(Cc3nc4ccccc4[nH]3)ccnc21.CN(C)C=N. The fraction of sp³-hybridized carbons (Fsp3) is 0.458. The van der Waals surface area contributed by atoms with Crippen LogP contribution in [0.1, 0.15) is 61.3 Å². The normalized spacial score (nSPS) is 15.1. The number of nitrogens with one attached hydrogen (secondary N) is 4. The summed E-state index contributed by atoms with van der Waals surface area (Å²) in [5.74, 6) is 1.02. The molecule has 0 spiro atoms. The van der Waals surface area contributed by atoms with Crippen molar-refractivity contribution in [3.05, 3.63) is 59.2 Å². The highest BCUT2D eigenvalue weighted by Gasteiger charge is 2.23. The highest BCUT2D eigenvalue weighted by atomic mass is 15.4. The van der Waals surface area contributed by atoms with Gasteiger partial charge in [-0.3, -0.25) is 15.8 Å². The molecule has 1 aliphatic rings. The van der Waals surface area contributed by atoms with E-state index < -0.39 is 0 Å². The van der Waals surface area contributed by atoms with Gasteiger partial charge in [0, 0.05) is 33.3 Å². The maximum Gasteiger partial charge on any atom is 0.111 e. The van der Waals surface area contributed by atoms with E-state index in [9.17, 15) is 0 Å². The standard InChI is InChI=1S/C21H27N5.C3H8N2/c1-2-3-12-23-26-19-10-6-7-16-15(11-13-22-21(16)19)14-20-24-17-8-4-5-9-18(17)25-20;1-5(2)3-4/h4-5,8-9,11,13,19,23,26H,2-3,6-7,10,12,14H2,1H3,(H,24,25);3-4H,1-2H3. The molecule has 0 bridgehead atoms. The number of nitrogens with zero attached hydrogens (tertiary/aromatic N) is 3. The Morgan fingerprint density at radius 1 is 1.26 bits per heavy atom. The van der Waals surface area contributed by atoms with Crippen LogP contribution in [0.4, 0.5) is 0 Å². The van der Waals surface area contributed by atoms with Gasteiger partial charge in [0.2, 0.25) is 0 Å². The van der Waals surface area contributed by atoms with Gasteiger partial charge in [0.25, 0.3) is 0 Å². The second kappa shape index (κ2) is 11.6. The van der Waals surface area contributed by atoms with Crippen LogP contribution in [-0.2, 0) is 12.8 Å². The summed E-state index contributed by atoms with van der Waals surface area (Å²) in [4.78, 5) is 14.6. The first-order valence-electron chi connectivity index (χ1n) is 11.2. The molecule has 0 amide bonds. The number of hydrazine groups is 1. The molecule has 0 radical (unpaired) electrons. The number of para-hydroxylation sites is 2. The van der Waals surface area contributed by atoms with E-state index >= 15 is 0 Å². The van der Waals surface area contributed by atoms with Gasteiger partial charge in [-0.2, -0.15) is 0 Å². The van der Waals surface area contributed by atoms with Gasteiger partial charge in [-0.15, -0.1) is 0 Å². The van der Waals surface area contributed by atoms with Crippen LogP contribution < -0.4 is 10.9 Å². The summed E-state index contributed by atoms with van der Waals surface area (Å²) in [5.41, 5.74) is 12.9. The Kier molecular flexibility index (Phi) is 8.55. The van der Waals surface area contributed by atoms with E-state index in [0.29, 0.717) is 6.04 Å². The van der Waals surface area contributed by atoms with Crippen molar-refractivity contribution >= 4 is 17.4 Å². The molecule has 4 rings (SSSR count). The number of fused-ring (bicyclic) bond motifs is 2. The maximum atomic E-state index is 6.46. The fourth-order valence-electron chi connectivity index (χ4n) is 3.80. The molecule has 2 heterocycles. The predicted octanol–water partition coefficient (Wildman–Crippen LogP) is 3.98. The van der Waals surface area contributed by atoms with Gasteiger partial charge in [0.05, 0.1) is 29.1 Å². The van der Waals surface area contributed by atoms with Crippen molar-refractivity contribution in [2.75, 3.05) is 20.6 Å². The van der Waals surface area contributed by atoms with Crippen molar-refractivity contribution in [1.29, 1.82) is 5.41 Å². The quantitative estimate of drug-likeness (QED) is 0.191. The number of hydrogen-bond acceptors (Lipinski definition) is 5. The number of benzene rings is 1. The van der Waals surface area contributed by atoms with E-state index in [1.54, 1.807) is 4.90 Å². The number of imidazole rings is 1. The highest BCUT2D eigenvalue weighted by molar-refractivity contribution is 5.74. The van der Waals surface area contributed by atoms with Crippen LogP contribution in [0.5, 0.6) is 0 Å². The molecule has 1 unspecified atom stereocenters. The second-order valence-electron chi connectivity index (χ2n) is 8.17. The first-order valence-corrected chi connectivity index (χ1v) is 11.2. The van der Waals surface area contributed by atoms with E-state index in [-0.39, 0.29) is 0 Å². The fourth-order valence-corrected chi connectivity index (χ4v) is 3.80. The molecule has 0 fully saturated rings. The van der Waals surface area contributed by atoms with Gasteiger partial charge in [-0.1, -0.05) is 25.5 Å². The molecule has 4 N–H and O–H groups in total. The molecular weight excluding hydrogens is 386 g/mol. The van der Waals surface area contributed by atoms with E-state index in [4.69, 9.17) is 15.4 Å². The molecule has 3 aromatic rings. The lowest BCUT2D eigenvalue weighted by molar-refractivity contribution is 0.383. The van der Waals surface area contributed by atoms with Crippen LogP contribution in [0.2, 0.25) is 0 Å². The smallest absolute Gasteiger partial charge is 0.111 e. The Morgan fingerprint density at radius 2 is 2.06 bits per heavy atom. The number of aromatic nitrogens is 3. The summed E-state index contributed by atoms with van der Waals surface area (Å²) >= 11 is 0. The molecule has 1 aromatic carbocycles. The third-order valence-electron chi connectivity index (χ3n) is 5.42. The van der Waals surface area contributed by atoms with Gasteiger partial charge in [-0.25, -0.2) is 10.4 Å². The Bertz CT molecular complexity index is 930. The third kappa shape index (κ3) is 6.35. The number of hydrogen-bond donors (Lipinski definition) is 4. The van der Waals surface area contributed by atoms with Gasteiger partial charge in [0.1, 0.15) is 5.82 Å². The van der Waals surface area contributed by atoms with Gasteiger partial charge in [0.15, 0.2) is 0 Å². The number of rotatable bonds is 8. The van der Waals surface area contributed by atoms with Crippen molar-refractivity contribution in [1.82, 2.24) is 30.7 Å². The first kappa shape index (κ1) is 22.9. The van der Waals surface area contributed by atoms with E-state index in [0.717, 1.165) is 42.7 Å². The van der Waals surface area contributed by atoms with Crippen LogP contribution in [0.3, 0.4) is 0 Å². The Hall–Kier alpha value is -2.77. The molecule has 1 atom stereocenters. The molecule has 1 aliphatic carbocycles. The molecule has 166 valence electrons. The Morgan fingerprint density at radius 3 is 2.81 bits per heavy atom. The lowest BCUT2D eigenvalue weighted by atomic mass is 9.88. The summed E-state index contributed by atoms with van der Waals surface area (Å²) in [6.45, 7) is 3.21. The molecule has 31 heavy (non-hydrogen) atoms. The van der Waals surface area contributed by atoms with Crippen LogP contribution >= 0.6 is 0 Å². The number of unbranched alkanes of at least 4 members (excludes halogenated alkanes) is 1. The number of aromatic amines is 1. The predicted molar refractivity (Wildman–Crippen MR) is 127 cm³/mol. The van der Waals surface area contributed by atoms with Crippen molar-refractivity contribution in [2.24, 2.45) is 0 Å². The van der Waals surface area contributed by atoms with Gasteiger partial charge >= 0.3 is 0 Å². The maximum absolute atomic E-state index is 6.46. The monoisotopic (exact) mass is 421 g/mol. The summed E-state index contributed by atoms with van der Waals surface area (Å²) in [6, 6.07) is 10.7. The minimum absolute atomic E-state index is 0.297. The van der Waals surface area contributed by atoms with Crippen molar-refractivity contribution in [2.45, 2.75) is 51.5 Å². The van der Waals surface area contributed by atoms with Gasteiger partial charge < -0.3 is 9.88 Å². The Labute approximate surface area is 185 Å². The average molecular weight is 422 g/mol. The van der Waals surface area contributed by atoms with Crippen molar-refractivity contribution < 1.29 is 0 Å². The van der Waals surface area contributed by atoms with E-state index in [2.05, 4.69) is 41.0 Å². The largest absolute Gasteiger partial charge is 0.369 e. The molecule has 7 nitrogen and oxygen atoms in total. The van der Waals surface area contributed by atoms with E-state index in [1.165, 1.54) is 42.4 Å². The molecule has 0 aliphatic heterocycles. The van der Waals surface area contributed by atoms with Crippen LogP contribution in [-0.4, -0.2) is 46.8 Å². The third-order valence-corrected chi connectivity index (χ3v) is 5.42. The Balaban J connectivity index is 0.000000491. The molecule has 0 saturated carbocycles. The lowest BCUT2D eigenvalue weighted by Gasteiger charge is -2.27. The molecule has 2 aromatic heterocycles. The minimum Gasteiger partial charge on any atom is -0.369 e. The second-order valence-corrected chi connectivity index (χ2v) is 8.17. The summed E-state index contributed by atoms with van der Waals surface area (Å²) in [6.07, 6.45) is 9.85. The zero-order valence-corrected chi connectivity index (χ0v) is 18.9. The van der Waals surface area contributed by atoms with Crippen LogP contribution in [0.15, 0.2) is 36.5 Å². The lowest BCUT2D eigenvalue weighted by Crippen LogP contribution is -2.38. The summed E-state index contributed by atoms with van der Waals surface area (Å²) < 4.78 is 0.